The number of benzene rings is 1. The van der Waals surface area contributed by atoms with Gasteiger partial charge in [0.2, 0.25) is 0 Å². The molecule has 0 nitrogen and oxygen atoms in total. The van der Waals surface area contributed by atoms with Crippen molar-refractivity contribution in [2.45, 2.75) is 104 Å². The highest BCUT2D eigenvalue weighted by Crippen LogP contribution is 2.62. The normalized spacial score (nSPS) is 34.6. The van der Waals surface area contributed by atoms with Crippen molar-refractivity contribution in [2.24, 2.45) is 22.7 Å². The number of hydrogen-bond acceptors (Lipinski definition) is 0. The van der Waals surface area contributed by atoms with Gasteiger partial charge in [-0.2, -0.15) is 0 Å². The predicted molar refractivity (Wildman–Crippen MR) is 120 cm³/mol. The standard InChI is InChI=1S/C28H40/c1-3-5-23-7-9-25(10-8-23)15-16-27-17-20-28(21-18-27,22-19-27)26-13-11-24(6-4-2)12-14-26/h7-10,24,26H,3-6,11-14,17-22H2,1-2H3/t24-,26-,27?,28?. The summed E-state index contributed by atoms with van der Waals surface area (Å²) in [4.78, 5) is 0. The maximum Gasteiger partial charge on any atom is 0.0319 e. The molecule has 4 aliphatic carbocycles. The summed E-state index contributed by atoms with van der Waals surface area (Å²) in [7, 11) is 0. The molecule has 5 rings (SSSR count). The Hall–Kier alpha value is -1.22. The molecular weight excluding hydrogens is 336 g/mol. The molecule has 4 fully saturated rings. The van der Waals surface area contributed by atoms with Crippen molar-refractivity contribution >= 4 is 0 Å². The average molecular weight is 377 g/mol. The van der Waals surface area contributed by atoms with Gasteiger partial charge >= 0.3 is 0 Å². The largest absolute Gasteiger partial charge is 0.0911 e. The molecule has 152 valence electrons. The molecule has 0 aromatic heterocycles. The number of rotatable bonds is 5. The molecule has 0 heteroatoms. The first kappa shape index (κ1) is 20.1. The van der Waals surface area contributed by atoms with Gasteiger partial charge in [0.05, 0.1) is 0 Å². The third-order valence-electron chi connectivity index (χ3n) is 8.68. The maximum absolute atomic E-state index is 3.78. The zero-order valence-corrected chi connectivity index (χ0v) is 18.4. The van der Waals surface area contributed by atoms with E-state index in [0.29, 0.717) is 10.8 Å². The van der Waals surface area contributed by atoms with Crippen LogP contribution in [0.1, 0.15) is 108 Å². The topological polar surface area (TPSA) is 0 Å². The van der Waals surface area contributed by atoms with Crippen LogP contribution in [0.25, 0.3) is 0 Å². The highest BCUT2D eigenvalue weighted by Gasteiger charge is 2.51. The Bertz CT molecular complexity index is 665. The van der Waals surface area contributed by atoms with E-state index in [1.54, 1.807) is 0 Å². The van der Waals surface area contributed by atoms with Gasteiger partial charge in [0, 0.05) is 11.0 Å². The fourth-order valence-corrected chi connectivity index (χ4v) is 6.73. The Kier molecular flexibility index (Phi) is 6.20. The van der Waals surface area contributed by atoms with Gasteiger partial charge in [0.15, 0.2) is 0 Å². The van der Waals surface area contributed by atoms with Crippen LogP contribution in [0.2, 0.25) is 0 Å². The van der Waals surface area contributed by atoms with Crippen molar-refractivity contribution in [3.05, 3.63) is 35.4 Å². The zero-order chi connectivity index (χ0) is 19.5. The number of hydrogen-bond donors (Lipinski definition) is 0. The second-order valence-electron chi connectivity index (χ2n) is 10.3. The van der Waals surface area contributed by atoms with Gasteiger partial charge in [-0.1, -0.05) is 69.9 Å². The molecule has 2 bridgehead atoms. The summed E-state index contributed by atoms with van der Waals surface area (Å²) in [6.45, 7) is 4.60. The lowest BCUT2D eigenvalue weighted by Gasteiger charge is -2.56. The molecule has 0 atom stereocenters. The maximum atomic E-state index is 3.78. The van der Waals surface area contributed by atoms with Crippen LogP contribution in [0.4, 0.5) is 0 Å². The van der Waals surface area contributed by atoms with Gasteiger partial charge in [-0.15, -0.1) is 0 Å². The molecule has 0 saturated heterocycles. The van der Waals surface area contributed by atoms with Crippen molar-refractivity contribution in [2.75, 3.05) is 0 Å². The van der Waals surface area contributed by atoms with Crippen molar-refractivity contribution in [3.63, 3.8) is 0 Å². The van der Waals surface area contributed by atoms with Crippen molar-refractivity contribution in [1.82, 2.24) is 0 Å². The van der Waals surface area contributed by atoms with Gasteiger partial charge in [0.25, 0.3) is 0 Å². The summed E-state index contributed by atoms with van der Waals surface area (Å²) in [6, 6.07) is 9.01. The minimum absolute atomic E-state index is 0.337. The van der Waals surface area contributed by atoms with E-state index in [9.17, 15) is 0 Å². The fourth-order valence-electron chi connectivity index (χ4n) is 6.73. The van der Waals surface area contributed by atoms with E-state index in [-0.39, 0.29) is 0 Å². The summed E-state index contributed by atoms with van der Waals surface area (Å²) in [5.41, 5.74) is 3.69. The lowest BCUT2D eigenvalue weighted by molar-refractivity contribution is -0.0378. The predicted octanol–water partition coefficient (Wildman–Crippen LogP) is 7.94. The molecule has 0 radical (unpaired) electrons. The molecule has 4 aliphatic rings. The van der Waals surface area contributed by atoms with Crippen LogP contribution in [0.15, 0.2) is 24.3 Å². The third kappa shape index (κ3) is 4.20. The van der Waals surface area contributed by atoms with Crippen LogP contribution in [-0.2, 0) is 6.42 Å². The molecule has 4 saturated carbocycles. The third-order valence-corrected chi connectivity index (χ3v) is 8.68. The summed E-state index contributed by atoms with van der Waals surface area (Å²) in [5, 5.41) is 0. The van der Waals surface area contributed by atoms with Gasteiger partial charge in [-0.3, -0.25) is 0 Å². The Labute approximate surface area is 173 Å². The van der Waals surface area contributed by atoms with E-state index in [2.05, 4.69) is 50.0 Å². The van der Waals surface area contributed by atoms with Crippen LogP contribution in [0, 0.1) is 34.5 Å². The fraction of sp³-hybridized carbons (Fsp3) is 0.714. The Morgan fingerprint density at radius 3 is 2.04 bits per heavy atom. The first-order valence-corrected chi connectivity index (χ1v) is 12.3. The van der Waals surface area contributed by atoms with E-state index in [0.717, 1.165) is 11.8 Å². The Balaban J connectivity index is 1.36. The highest BCUT2D eigenvalue weighted by molar-refractivity contribution is 5.38. The van der Waals surface area contributed by atoms with Crippen molar-refractivity contribution < 1.29 is 0 Å². The molecule has 0 N–H and O–H groups in total. The molecular formula is C28H40. The van der Waals surface area contributed by atoms with Crippen molar-refractivity contribution in [1.29, 1.82) is 0 Å². The van der Waals surface area contributed by atoms with E-state index >= 15 is 0 Å². The first-order valence-electron chi connectivity index (χ1n) is 12.3. The molecule has 0 unspecified atom stereocenters. The monoisotopic (exact) mass is 376 g/mol. The second kappa shape index (κ2) is 8.65. The minimum atomic E-state index is 0.337. The minimum Gasteiger partial charge on any atom is -0.0911 e. The smallest absolute Gasteiger partial charge is 0.0319 e. The summed E-state index contributed by atoms with van der Waals surface area (Å²) in [5.74, 6) is 9.41. The second-order valence-corrected chi connectivity index (χ2v) is 10.3. The molecule has 0 heterocycles. The number of fused-ring (bicyclic) bond motifs is 3. The van der Waals surface area contributed by atoms with E-state index in [4.69, 9.17) is 0 Å². The molecule has 1 aromatic rings. The SMILES string of the molecule is CCCc1ccc(C#CC23CCC([C@H]4CC[C@H](CCC)CC4)(CC2)CC3)cc1. The molecule has 0 aliphatic heterocycles. The molecule has 0 spiro atoms. The lowest BCUT2D eigenvalue weighted by atomic mass is 9.48. The Morgan fingerprint density at radius 1 is 0.821 bits per heavy atom. The van der Waals surface area contributed by atoms with Crippen LogP contribution in [0.5, 0.6) is 0 Å². The highest BCUT2D eigenvalue weighted by atomic mass is 14.6. The van der Waals surface area contributed by atoms with E-state index in [1.807, 2.05) is 0 Å². The van der Waals surface area contributed by atoms with Gasteiger partial charge in [-0.25, -0.2) is 0 Å². The summed E-state index contributed by atoms with van der Waals surface area (Å²) >= 11 is 0. The van der Waals surface area contributed by atoms with Gasteiger partial charge in [-0.05, 0) is 92.7 Å². The van der Waals surface area contributed by atoms with Crippen LogP contribution in [0.3, 0.4) is 0 Å². The van der Waals surface area contributed by atoms with Gasteiger partial charge < -0.3 is 0 Å². The molecule has 1 aromatic carbocycles. The Morgan fingerprint density at radius 2 is 1.46 bits per heavy atom. The van der Waals surface area contributed by atoms with E-state index in [1.165, 1.54) is 101 Å². The zero-order valence-electron chi connectivity index (χ0n) is 18.4. The molecule has 0 amide bonds. The van der Waals surface area contributed by atoms with Crippen LogP contribution < -0.4 is 0 Å². The summed E-state index contributed by atoms with van der Waals surface area (Å²) < 4.78 is 0. The van der Waals surface area contributed by atoms with Gasteiger partial charge in [0.1, 0.15) is 0 Å². The summed E-state index contributed by atoms with van der Waals surface area (Å²) in [6.07, 6.45) is 19.8. The average Bonchev–Trinajstić information content (AvgIpc) is 2.76. The van der Waals surface area contributed by atoms with E-state index < -0.39 is 0 Å². The van der Waals surface area contributed by atoms with Crippen molar-refractivity contribution in [3.8, 4) is 11.8 Å². The van der Waals surface area contributed by atoms with Crippen LogP contribution in [-0.4, -0.2) is 0 Å². The first-order chi connectivity index (χ1) is 13.7. The molecule has 28 heavy (non-hydrogen) atoms. The quantitative estimate of drug-likeness (QED) is 0.457. The number of aryl methyl sites for hydroxylation is 1. The van der Waals surface area contributed by atoms with Crippen LogP contribution >= 0.6 is 0 Å². The lowest BCUT2D eigenvalue weighted by Crippen LogP contribution is -2.45.